The van der Waals surface area contributed by atoms with Gasteiger partial charge in [-0.15, -0.1) is 0 Å². The first-order valence-corrected chi connectivity index (χ1v) is 9.65. The summed E-state index contributed by atoms with van der Waals surface area (Å²) in [6, 6.07) is 8.30. The lowest BCUT2D eigenvalue weighted by molar-refractivity contribution is -0.116. The normalized spacial score (nSPS) is 20.4. The van der Waals surface area contributed by atoms with E-state index in [9.17, 15) is 4.79 Å². The Morgan fingerprint density at radius 2 is 1.84 bits per heavy atom. The molecular formula is C20H31N3O2. The van der Waals surface area contributed by atoms with Gasteiger partial charge in [-0.2, -0.15) is 0 Å². The monoisotopic (exact) mass is 345 g/mol. The molecular weight excluding hydrogens is 314 g/mol. The SMILES string of the molecule is COc1ccc(NC(=O)CCN2CCCN(C3CCCC3)CC2)cc1. The number of carbonyl (C=O) groups excluding carboxylic acids is 1. The molecule has 0 aromatic heterocycles. The average Bonchev–Trinajstić information content (AvgIpc) is 3.07. The van der Waals surface area contributed by atoms with Crippen molar-refractivity contribution in [2.75, 3.05) is 45.2 Å². The van der Waals surface area contributed by atoms with Crippen LogP contribution in [0.15, 0.2) is 24.3 Å². The van der Waals surface area contributed by atoms with Gasteiger partial charge in [0.05, 0.1) is 7.11 Å². The van der Waals surface area contributed by atoms with Crippen molar-refractivity contribution in [2.24, 2.45) is 0 Å². The number of methoxy groups -OCH3 is 1. The third kappa shape index (κ3) is 5.44. The van der Waals surface area contributed by atoms with E-state index < -0.39 is 0 Å². The van der Waals surface area contributed by atoms with E-state index in [1.54, 1.807) is 7.11 Å². The number of carbonyl (C=O) groups is 1. The zero-order valence-corrected chi connectivity index (χ0v) is 15.4. The molecule has 1 aliphatic carbocycles. The van der Waals surface area contributed by atoms with Crippen molar-refractivity contribution >= 4 is 11.6 Å². The summed E-state index contributed by atoms with van der Waals surface area (Å²) < 4.78 is 5.13. The number of nitrogens with zero attached hydrogens (tertiary/aromatic N) is 2. The van der Waals surface area contributed by atoms with Crippen LogP contribution in [-0.2, 0) is 4.79 Å². The number of anilines is 1. The van der Waals surface area contributed by atoms with Crippen LogP contribution in [0.3, 0.4) is 0 Å². The fraction of sp³-hybridized carbons (Fsp3) is 0.650. The quantitative estimate of drug-likeness (QED) is 0.861. The van der Waals surface area contributed by atoms with Crippen molar-refractivity contribution in [3.63, 3.8) is 0 Å². The van der Waals surface area contributed by atoms with E-state index >= 15 is 0 Å². The zero-order valence-electron chi connectivity index (χ0n) is 15.4. The number of ether oxygens (including phenoxy) is 1. The summed E-state index contributed by atoms with van der Waals surface area (Å²) >= 11 is 0. The highest BCUT2D eigenvalue weighted by molar-refractivity contribution is 5.90. The average molecular weight is 345 g/mol. The predicted octanol–water partition coefficient (Wildman–Crippen LogP) is 2.97. The van der Waals surface area contributed by atoms with Crippen LogP contribution in [0.25, 0.3) is 0 Å². The van der Waals surface area contributed by atoms with Crippen LogP contribution in [-0.4, -0.2) is 61.6 Å². The molecule has 0 unspecified atom stereocenters. The minimum absolute atomic E-state index is 0.0852. The number of hydrogen-bond donors (Lipinski definition) is 1. The number of nitrogens with one attached hydrogen (secondary N) is 1. The molecule has 1 N–H and O–H groups in total. The first-order valence-electron chi connectivity index (χ1n) is 9.65. The lowest BCUT2D eigenvalue weighted by Crippen LogP contribution is -2.37. The molecule has 1 amide bonds. The Labute approximate surface area is 151 Å². The second kappa shape index (κ2) is 9.20. The van der Waals surface area contributed by atoms with Crippen LogP contribution in [0, 0.1) is 0 Å². The first-order chi connectivity index (χ1) is 12.2. The third-order valence-electron chi connectivity index (χ3n) is 5.49. The molecule has 2 fully saturated rings. The van der Waals surface area contributed by atoms with Gasteiger partial charge in [0, 0.05) is 37.8 Å². The Hall–Kier alpha value is -1.59. The minimum Gasteiger partial charge on any atom is -0.497 e. The molecule has 2 aliphatic rings. The van der Waals surface area contributed by atoms with Crippen LogP contribution in [0.2, 0.25) is 0 Å². The maximum atomic E-state index is 12.2. The number of benzene rings is 1. The molecule has 0 spiro atoms. The Kier molecular flexibility index (Phi) is 6.70. The molecule has 138 valence electrons. The number of rotatable bonds is 6. The lowest BCUT2D eigenvalue weighted by atomic mass is 10.2. The van der Waals surface area contributed by atoms with Crippen LogP contribution >= 0.6 is 0 Å². The Bertz CT molecular complexity index is 540. The highest BCUT2D eigenvalue weighted by Gasteiger charge is 2.24. The summed E-state index contributed by atoms with van der Waals surface area (Å²) in [5.41, 5.74) is 0.828. The van der Waals surface area contributed by atoms with E-state index in [2.05, 4.69) is 15.1 Å². The second-order valence-corrected chi connectivity index (χ2v) is 7.20. The summed E-state index contributed by atoms with van der Waals surface area (Å²) in [5.74, 6) is 0.886. The van der Waals surface area contributed by atoms with Crippen molar-refractivity contribution in [1.82, 2.24) is 9.80 Å². The molecule has 3 rings (SSSR count). The number of hydrogen-bond acceptors (Lipinski definition) is 4. The van der Waals surface area contributed by atoms with Gasteiger partial charge in [-0.05, 0) is 56.6 Å². The van der Waals surface area contributed by atoms with Gasteiger partial charge >= 0.3 is 0 Å². The maximum Gasteiger partial charge on any atom is 0.225 e. The number of amides is 1. The standard InChI is InChI=1S/C20H31N3O2/c1-25-19-9-7-17(8-10-19)21-20(24)11-14-22-12-4-13-23(16-15-22)18-5-2-3-6-18/h7-10,18H,2-6,11-16H2,1H3,(H,21,24). The Balaban J connectivity index is 1.39. The highest BCUT2D eigenvalue weighted by atomic mass is 16.5. The molecule has 25 heavy (non-hydrogen) atoms. The van der Waals surface area contributed by atoms with Gasteiger partial charge < -0.3 is 15.0 Å². The third-order valence-corrected chi connectivity index (χ3v) is 5.49. The van der Waals surface area contributed by atoms with Crippen LogP contribution < -0.4 is 10.1 Å². The zero-order chi connectivity index (χ0) is 17.5. The fourth-order valence-electron chi connectivity index (χ4n) is 4.01. The molecule has 1 aliphatic heterocycles. The van der Waals surface area contributed by atoms with Gasteiger partial charge in [0.25, 0.3) is 0 Å². The van der Waals surface area contributed by atoms with Crippen molar-refractivity contribution in [1.29, 1.82) is 0 Å². The van der Waals surface area contributed by atoms with Crippen molar-refractivity contribution in [3.05, 3.63) is 24.3 Å². The molecule has 5 nitrogen and oxygen atoms in total. The summed E-state index contributed by atoms with van der Waals surface area (Å²) in [7, 11) is 1.64. The molecule has 1 saturated heterocycles. The van der Waals surface area contributed by atoms with E-state index in [0.29, 0.717) is 6.42 Å². The van der Waals surface area contributed by atoms with Gasteiger partial charge in [0.2, 0.25) is 5.91 Å². The molecule has 1 saturated carbocycles. The molecule has 0 radical (unpaired) electrons. The molecule has 1 heterocycles. The molecule has 1 aromatic carbocycles. The van der Waals surface area contributed by atoms with Crippen molar-refractivity contribution in [2.45, 2.75) is 44.6 Å². The van der Waals surface area contributed by atoms with Gasteiger partial charge in [-0.1, -0.05) is 12.8 Å². The summed E-state index contributed by atoms with van der Waals surface area (Å²) in [5, 5.41) is 2.97. The summed E-state index contributed by atoms with van der Waals surface area (Å²) in [6.07, 6.45) is 7.33. The molecule has 0 bridgehead atoms. The van der Waals surface area contributed by atoms with Gasteiger partial charge in [-0.3, -0.25) is 9.69 Å². The Morgan fingerprint density at radius 1 is 1.08 bits per heavy atom. The van der Waals surface area contributed by atoms with E-state index in [-0.39, 0.29) is 5.91 Å². The van der Waals surface area contributed by atoms with E-state index in [4.69, 9.17) is 4.74 Å². The second-order valence-electron chi connectivity index (χ2n) is 7.20. The maximum absolute atomic E-state index is 12.2. The van der Waals surface area contributed by atoms with Crippen molar-refractivity contribution < 1.29 is 9.53 Å². The highest BCUT2D eigenvalue weighted by Crippen LogP contribution is 2.24. The first kappa shape index (κ1) is 18.2. The summed E-state index contributed by atoms with van der Waals surface area (Å²) in [4.78, 5) is 17.3. The van der Waals surface area contributed by atoms with Gasteiger partial charge in [0.15, 0.2) is 0 Å². The molecule has 1 aromatic rings. The molecule has 0 atom stereocenters. The van der Waals surface area contributed by atoms with E-state index in [1.807, 2.05) is 24.3 Å². The smallest absolute Gasteiger partial charge is 0.225 e. The largest absolute Gasteiger partial charge is 0.497 e. The molecule has 5 heteroatoms. The Morgan fingerprint density at radius 3 is 2.56 bits per heavy atom. The van der Waals surface area contributed by atoms with E-state index in [0.717, 1.165) is 43.7 Å². The van der Waals surface area contributed by atoms with E-state index in [1.165, 1.54) is 38.6 Å². The predicted molar refractivity (Wildman–Crippen MR) is 101 cm³/mol. The van der Waals surface area contributed by atoms with Crippen LogP contribution in [0.4, 0.5) is 5.69 Å². The topological polar surface area (TPSA) is 44.8 Å². The van der Waals surface area contributed by atoms with Crippen molar-refractivity contribution in [3.8, 4) is 5.75 Å². The van der Waals surface area contributed by atoms with Crippen LogP contribution in [0.1, 0.15) is 38.5 Å². The fourth-order valence-corrected chi connectivity index (χ4v) is 4.01. The van der Waals surface area contributed by atoms with Gasteiger partial charge in [-0.25, -0.2) is 0 Å². The van der Waals surface area contributed by atoms with Crippen LogP contribution in [0.5, 0.6) is 5.75 Å². The van der Waals surface area contributed by atoms with Gasteiger partial charge in [0.1, 0.15) is 5.75 Å². The summed E-state index contributed by atoms with van der Waals surface area (Å²) in [6.45, 7) is 5.43. The lowest BCUT2D eigenvalue weighted by Gasteiger charge is -2.27. The minimum atomic E-state index is 0.0852.